The second-order valence-electron chi connectivity index (χ2n) is 5.59. The zero-order valence-electron chi connectivity index (χ0n) is 13.2. The van der Waals surface area contributed by atoms with Gasteiger partial charge in [0.25, 0.3) is 10.2 Å². The van der Waals surface area contributed by atoms with Crippen molar-refractivity contribution >= 4 is 21.5 Å². The van der Waals surface area contributed by atoms with Gasteiger partial charge in [-0.2, -0.15) is 17.0 Å². The van der Waals surface area contributed by atoms with E-state index in [9.17, 15) is 8.42 Å². The van der Waals surface area contributed by atoms with E-state index in [2.05, 4.69) is 9.88 Å². The third-order valence-electron chi connectivity index (χ3n) is 3.79. The molecule has 0 saturated carbocycles. The van der Waals surface area contributed by atoms with Crippen LogP contribution in [0.1, 0.15) is 5.69 Å². The van der Waals surface area contributed by atoms with Crippen LogP contribution in [-0.4, -0.2) is 67.2 Å². The molecular formula is C14H20N4O3S2. The van der Waals surface area contributed by atoms with Crippen molar-refractivity contribution in [2.24, 2.45) is 0 Å². The minimum Gasteiger partial charge on any atom is -0.444 e. The van der Waals surface area contributed by atoms with Gasteiger partial charge in [-0.05, 0) is 11.4 Å². The van der Waals surface area contributed by atoms with E-state index in [4.69, 9.17) is 4.42 Å². The first-order chi connectivity index (χ1) is 11.0. The number of aromatic nitrogens is 1. The summed E-state index contributed by atoms with van der Waals surface area (Å²) in [5, 5.41) is 1.99. The summed E-state index contributed by atoms with van der Waals surface area (Å²) in [6.07, 6.45) is 1.68. The SMILES string of the molecule is CN(C)S(=O)(=O)N1CCN(Cc2coc(-c3cccs3)n2)CC1. The van der Waals surface area contributed by atoms with E-state index in [1.165, 1.54) is 8.61 Å². The lowest BCUT2D eigenvalue weighted by Crippen LogP contribution is -2.51. The lowest BCUT2D eigenvalue weighted by atomic mass is 10.3. The largest absolute Gasteiger partial charge is 0.444 e. The van der Waals surface area contributed by atoms with Gasteiger partial charge in [0, 0.05) is 46.8 Å². The van der Waals surface area contributed by atoms with Gasteiger partial charge in [-0.25, -0.2) is 4.98 Å². The number of oxazole rings is 1. The molecule has 0 bridgehead atoms. The van der Waals surface area contributed by atoms with Gasteiger partial charge in [0.1, 0.15) is 6.26 Å². The van der Waals surface area contributed by atoms with Crippen LogP contribution in [0.15, 0.2) is 28.2 Å². The Kier molecular flexibility index (Phi) is 4.83. The van der Waals surface area contributed by atoms with E-state index in [-0.39, 0.29) is 0 Å². The Morgan fingerprint density at radius 3 is 2.65 bits per heavy atom. The molecule has 7 nitrogen and oxygen atoms in total. The molecule has 3 rings (SSSR count). The van der Waals surface area contributed by atoms with E-state index in [0.29, 0.717) is 38.6 Å². The van der Waals surface area contributed by atoms with Gasteiger partial charge in [0.05, 0.1) is 10.6 Å². The number of hydrogen-bond donors (Lipinski definition) is 0. The number of rotatable bonds is 5. The van der Waals surface area contributed by atoms with Crippen molar-refractivity contribution in [2.75, 3.05) is 40.3 Å². The highest BCUT2D eigenvalue weighted by atomic mass is 32.2. The van der Waals surface area contributed by atoms with E-state index in [1.807, 2.05) is 17.5 Å². The molecule has 0 unspecified atom stereocenters. The van der Waals surface area contributed by atoms with Gasteiger partial charge in [0.15, 0.2) is 0 Å². The van der Waals surface area contributed by atoms with Gasteiger partial charge in [-0.15, -0.1) is 11.3 Å². The Morgan fingerprint density at radius 2 is 2.04 bits per heavy atom. The van der Waals surface area contributed by atoms with Crippen LogP contribution < -0.4 is 0 Å². The molecule has 23 heavy (non-hydrogen) atoms. The van der Waals surface area contributed by atoms with Crippen LogP contribution in [0, 0.1) is 0 Å². The maximum Gasteiger partial charge on any atom is 0.281 e. The minimum atomic E-state index is -3.31. The molecule has 126 valence electrons. The summed E-state index contributed by atoms with van der Waals surface area (Å²) in [7, 11) is -0.197. The highest BCUT2D eigenvalue weighted by molar-refractivity contribution is 7.86. The summed E-state index contributed by atoms with van der Waals surface area (Å²) in [6.45, 7) is 3.04. The summed E-state index contributed by atoms with van der Waals surface area (Å²) < 4.78 is 32.5. The van der Waals surface area contributed by atoms with E-state index in [0.717, 1.165) is 10.6 Å². The minimum absolute atomic E-state index is 0.496. The van der Waals surface area contributed by atoms with Crippen LogP contribution in [0.5, 0.6) is 0 Å². The molecule has 0 atom stereocenters. The fraction of sp³-hybridized carbons (Fsp3) is 0.500. The fourth-order valence-electron chi connectivity index (χ4n) is 2.47. The average molecular weight is 356 g/mol. The third kappa shape index (κ3) is 3.64. The number of hydrogen-bond acceptors (Lipinski definition) is 6. The van der Waals surface area contributed by atoms with Crippen LogP contribution in [0.4, 0.5) is 0 Å². The average Bonchev–Trinajstić information content (AvgIpc) is 3.18. The molecule has 0 amide bonds. The normalized spacial score (nSPS) is 17.9. The third-order valence-corrected chi connectivity index (χ3v) is 6.59. The standard InChI is InChI=1S/C14H20N4O3S2/c1-16(2)23(19,20)18-7-5-17(6-8-18)10-12-11-21-14(15-12)13-4-3-9-22-13/h3-4,9,11H,5-8,10H2,1-2H3. The molecule has 0 spiro atoms. The molecule has 0 aliphatic carbocycles. The Balaban J connectivity index is 1.57. The Hall–Kier alpha value is -1.26. The molecule has 0 aromatic carbocycles. The topological polar surface area (TPSA) is 69.9 Å². The van der Waals surface area contributed by atoms with E-state index >= 15 is 0 Å². The van der Waals surface area contributed by atoms with Crippen molar-refractivity contribution in [3.63, 3.8) is 0 Å². The van der Waals surface area contributed by atoms with Crippen molar-refractivity contribution in [1.82, 2.24) is 18.5 Å². The second-order valence-corrected chi connectivity index (χ2v) is 8.68. The monoisotopic (exact) mass is 356 g/mol. The molecule has 3 heterocycles. The summed E-state index contributed by atoms with van der Waals surface area (Å²) in [5.74, 6) is 0.642. The van der Waals surface area contributed by atoms with Crippen molar-refractivity contribution < 1.29 is 12.8 Å². The highest BCUT2D eigenvalue weighted by Crippen LogP contribution is 2.24. The molecule has 1 aliphatic heterocycles. The van der Waals surface area contributed by atoms with Crippen molar-refractivity contribution in [1.29, 1.82) is 0 Å². The smallest absolute Gasteiger partial charge is 0.281 e. The Morgan fingerprint density at radius 1 is 1.30 bits per heavy atom. The van der Waals surface area contributed by atoms with Gasteiger partial charge in [-0.3, -0.25) is 4.90 Å². The Labute approximate surface area is 140 Å². The number of nitrogens with zero attached hydrogens (tertiary/aromatic N) is 4. The molecule has 1 fully saturated rings. The second kappa shape index (κ2) is 6.70. The highest BCUT2D eigenvalue weighted by Gasteiger charge is 2.28. The van der Waals surface area contributed by atoms with Crippen LogP contribution in [-0.2, 0) is 16.8 Å². The summed E-state index contributed by atoms with van der Waals surface area (Å²) >= 11 is 1.59. The molecule has 1 aliphatic rings. The first-order valence-corrected chi connectivity index (χ1v) is 9.63. The van der Waals surface area contributed by atoms with Gasteiger partial charge >= 0.3 is 0 Å². The number of piperazine rings is 1. The lowest BCUT2D eigenvalue weighted by Gasteiger charge is -2.34. The molecule has 2 aromatic heterocycles. The Bertz CT molecular complexity index is 732. The van der Waals surface area contributed by atoms with Gasteiger partial charge in [0.2, 0.25) is 5.89 Å². The number of thiophene rings is 1. The zero-order valence-corrected chi connectivity index (χ0v) is 14.8. The van der Waals surface area contributed by atoms with Gasteiger partial charge < -0.3 is 4.42 Å². The first kappa shape index (κ1) is 16.6. The van der Waals surface area contributed by atoms with E-state index < -0.39 is 10.2 Å². The zero-order chi connectivity index (χ0) is 16.4. The van der Waals surface area contributed by atoms with Crippen LogP contribution in [0.2, 0.25) is 0 Å². The summed E-state index contributed by atoms with van der Waals surface area (Å²) in [6, 6.07) is 3.94. The van der Waals surface area contributed by atoms with Crippen molar-refractivity contribution in [3.05, 3.63) is 29.5 Å². The van der Waals surface area contributed by atoms with Crippen molar-refractivity contribution in [3.8, 4) is 10.8 Å². The predicted octanol–water partition coefficient (Wildman–Crippen LogP) is 1.33. The fourth-order valence-corrected chi connectivity index (χ4v) is 4.21. The van der Waals surface area contributed by atoms with E-state index in [1.54, 1.807) is 31.7 Å². The molecule has 2 aromatic rings. The molecular weight excluding hydrogens is 336 g/mol. The molecule has 0 radical (unpaired) electrons. The first-order valence-electron chi connectivity index (χ1n) is 7.35. The quantitative estimate of drug-likeness (QED) is 0.808. The molecule has 1 saturated heterocycles. The summed E-state index contributed by atoms with van der Waals surface area (Å²) in [5.41, 5.74) is 0.873. The maximum absolute atomic E-state index is 12.1. The van der Waals surface area contributed by atoms with Gasteiger partial charge in [-0.1, -0.05) is 6.07 Å². The van der Waals surface area contributed by atoms with Crippen LogP contribution in [0.3, 0.4) is 0 Å². The maximum atomic E-state index is 12.1. The van der Waals surface area contributed by atoms with Crippen LogP contribution >= 0.6 is 11.3 Å². The predicted molar refractivity (Wildman–Crippen MR) is 89.3 cm³/mol. The molecule has 9 heteroatoms. The van der Waals surface area contributed by atoms with Crippen molar-refractivity contribution in [2.45, 2.75) is 6.54 Å². The lowest BCUT2D eigenvalue weighted by molar-refractivity contribution is 0.175. The summed E-state index contributed by atoms with van der Waals surface area (Å²) in [4.78, 5) is 7.71. The van der Waals surface area contributed by atoms with Crippen LogP contribution in [0.25, 0.3) is 10.8 Å². The molecule has 0 N–H and O–H groups in total.